The largest absolute Gasteiger partial charge is 0.0622 e. The van der Waals surface area contributed by atoms with Crippen molar-refractivity contribution in [3.63, 3.8) is 0 Å². The van der Waals surface area contributed by atoms with Crippen LogP contribution in [-0.2, 0) is 0 Å². The zero-order chi connectivity index (χ0) is 41.5. The van der Waals surface area contributed by atoms with Crippen molar-refractivity contribution >= 4 is 79.9 Å². The summed E-state index contributed by atoms with van der Waals surface area (Å²) in [5.41, 5.74) is 14.3. The average Bonchev–Trinajstić information content (AvgIpc) is 3.34. The van der Waals surface area contributed by atoms with E-state index in [1.54, 1.807) is 0 Å². The van der Waals surface area contributed by atoms with E-state index in [1.165, 1.54) is 71.3 Å². The SMILES string of the molecule is C(=C\c1cc(/C=C/c2ccc(/C=C(\c3ccccc3)c3cccc4ccccc34)cc2)c2ccccc2c1)/c1ccc(/C=C(\c2ccccc2)c2cccc3ccccc23)cc1. The van der Waals surface area contributed by atoms with Gasteiger partial charge in [0.2, 0.25) is 0 Å². The minimum absolute atomic E-state index is 1.16. The monoisotopic (exact) mass is 788 g/mol. The molecule has 0 spiro atoms. The molecule has 0 fully saturated rings. The molecule has 10 aromatic rings. The summed E-state index contributed by atoms with van der Waals surface area (Å²) in [6.07, 6.45) is 13.5. The minimum Gasteiger partial charge on any atom is -0.0622 e. The first-order valence-corrected chi connectivity index (χ1v) is 21.3. The Labute approximate surface area is 364 Å². The molecule has 0 N–H and O–H groups in total. The standard InChI is InChI=1S/C62H44/c1-3-15-52(16-4-1)61(59-27-13-22-50-19-7-11-25-57(50)59)43-47-34-29-45(30-35-47)33-38-49-41-54-21-9-10-24-56(54)55(42-49)40-39-46-31-36-48(37-32-46)44-62(53-17-5-2-6-18-53)60-28-14-23-51-20-8-12-26-58(51)60/h1-44H/b38-33+,40-39+,61-43+,62-44+. The number of rotatable bonds is 10. The first-order chi connectivity index (χ1) is 30.7. The van der Waals surface area contributed by atoms with E-state index in [4.69, 9.17) is 0 Å². The van der Waals surface area contributed by atoms with Crippen LogP contribution in [0.25, 0.3) is 79.9 Å². The molecule has 0 heteroatoms. The molecule has 0 heterocycles. The number of hydrogen-bond donors (Lipinski definition) is 0. The fraction of sp³-hybridized carbons (Fsp3) is 0. The Morgan fingerprint density at radius 2 is 0.645 bits per heavy atom. The van der Waals surface area contributed by atoms with Crippen LogP contribution >= 0.6 is 0 Å². The lowest BCUT2D eigenvalue weighted by atomic mass is 9.91. The zero-order valence-electron chi connectivity index (χ0n) is 34.4. The van der Waals surface area contributed by atoms with Gasteiger partial charge in [0, 0.05) is 0 Å². The van der Waals surface area contributed by atoms with Crippen molar-refractivity contribution in [2.24, 2.45) is 0 Å². The van der Waals surface area contributed by atoms with Crippen molar-refractivity contribution < 1.29 is 0 Å². The van der Waals surface area contributed by atoms with Gasteiger partial charge < -0.3 is 0 Å². The van der Waals surface area contributed by atoms with Crippen LogP contribution in [0.5, 0.6) is 0 Å². The molecule has 0 saturated heterocycles. The van der Waals surface area contributed by atoms with Gasteiger partial charge in [0.25, 0.3) is 0 Å². The van der Waals surface area contributed by atoms with Crippen LogP contribution < -0.4 is 0 Å². The van der Waals surface area contributed by atoms with E-state index in [9.17, 15) is 0 Å². The molecule has 0 aliphatic carbocycles. The summed E-state index contributed by atoms with van der Waals surface area (Å²) in [4.78, 5) is 0. The molecular weight excluding hydrogens is 745 g/mol. The Hall–Kier alpha value is -8.06. The molecule has 0 unspecified atom stereocenters. The summed E-state index contributed by atoms with van der Waals surface area (Å²) in [7, 11) is 0. The van der Waals surface area contributed by atoms with E-state index in [0.29, 0.717) is 0 Å². The van der Waals surface area contributed by atoms with Gasteiger partial charge in [0.15, 0.2) is 0 Å². The first kappa shape index (κ1) is 38.2. The fourth-order valence-corrected chi connectivity index (χ4v) is 8.51. The normalized spacial score (nSPS) is 12.3. The second-order valence-electron chi connectivity index (χ2n) is 15.7. The summed E-state index contributed by atoms with van der Waals surface area (Å²) in [6, 6.07) is 82.7. The van der Waals surface area contributed by atoms with E-state index in [2.05, 4.69) is 267 Å². The van der Waals surface area contributed by atoms with Gasteiger partial charge in [-0.15, -0.1) is 0 Å². The summed E-state index contributed by atoms with van der Waals surface area (Å²) in [5, 5.41) is 7.45. The lowest BCUT2D eigenvalue weighted by Crippen LogP contribution is -1.90. The molecule has 0 amide bonds. The van der Waals surface area contributed by atoms with Crippen molar-refractivity contribution in [2.75, 3.05) is 0 Å². The molecular formula is C62H44. The number of fused-ring (bicyclic) bond motifs is 3. The minimum atomic E-state index is 1.16. The lowest BCUT2D eigenvalue weighted by Gasteiger charge is -2.12. The third-order valence-corrected chi connectivity index (χ3v) is 11.7. The van der Waals surface area contributed by atoms with Gasteiger partial charge in [-0.25, -0.2) is 0 Å². The molecule has 62 heavy (non-hydrogen) atoms. The number of benzene rings is 10. The maximum absolute atomic E-state index is 2.31. The molecule has 0 nitrogen and oxygen atoms in total. The van der Waals surface area contributed by atoms with Gasteiger partial charge in [0.1, 0.15) is 0 Å². The first-order valence-electron chi connectivity index (χ1n) is 21.3. The molecule has 10 rings (SSSR count). The van der Waals surface area contributed by atoms with Crippen molar-refractivity contribution in [3.8, 4) is 0 Å². The van der Waals surface area contributed by atoms with Gasteiger partial charge in [-0.2, -0.15) is 0 Å². The number of hydrogen-bond acceptors (Lipinski definition) is 0. The van der Waals surface area contributed by atoms with E-state index in [1.807, 2.05) is 0 Å². The van der Waals surface area contributed by atoms with Crippen molar-refractivity contribution in [2.45, 2.75) is 0 Å². The van der Waals surface area contributed by atoms with E-state index < -0.39 is 0 Å². The van der Waals surface area contributed by atoms with Gasteiger partial charge in [0.05, 0.1) is 0 Å². The van der Waals surface area contributed by atoms with Crippen LogP contribution in [-0.4, -0.2) is 0 Å². The maximum Gasteiger partial charge on any atom is -0.00992 e. The van der Waals surface area contributed by atoms with Crippen LogP contribution in [0.2, 0.25) is 0 Å². The predicted molar refractivity (Wildman–Crippen MR) is 269 cm³/mol. The Morgan fingerprint density at radius 3 is 1.16 bits per heavy atom. The van der Waals surface area contributed by atoms with Crippen LogP contribution in [0, 0.1) is 0 Å². The highest BCUT2D eigenvalue weighted by atomic mass is 14.1. The second-order valence-corrected chi connectivity index (χ2v) is 15.7. The van der Waals surface area contributed by atoms with Gasteiger partial charge in [-0.1, -0.05) is 243 Å². The Balaban J connectivity index is 0.912. The lowest BCUT2D eigenvalue weighted by molar-refractivity contribution is 1.57. The van der Waals surface area contributed by atoms with Gasteiger partial charge >= 0.3 is 0 Å². The summed E-state index contributed by atoms with van der Waals surface area (Å²) < 4.78 is 0. The summed E-state index contributed by atoms with van der Waals surface area (Å²) >= 11 is 0. The predicted octanol–water partition coefficient (Wildman–Crippen LogP) is 16.7. The Kier molecular flexibility index (Phi) is 10.9. The van der Waals surface area contributed by atoms with Gasteiger partial charge in [-0.05, 0) is 123 Å². The molecule has 0 aliphatic rings. The molecule has 0 bridgehead atoms. The van der Waals surface area contributed by atoms with Crippen LogP contribution in [0.15, 0.2) is 231 Å². The third-order valence-electron chi connectivity index (χ3n) is 11.7. The maximum atomic E-state index is 2.31. The molecule has 0 radical (unpaired) electrons. The molecule has 292 valence electrons. The summed E-state index contributed by atoms with van der Waals surface area (Å²) in [6.45, 7) is 0. The van der Waals surface area contributed by atoms with E-state index in [-0.39, 0.29) is 0 Å². The van der Waals surface area contributed by atoms with Crippen molar-refractivity contribution in [3.05, 3.63) is 286 Å². The molecule has 10 aromatic carbocycles. The zero-order valence-corrected chi connectivity index (χ0v) is 34.4. The van der Waals surface area contributed by atoms with Crippen molar-refractivity contribution in [1.82, 2.24) is 0 Å². The highest BCUT2D eigenvalue weighted by Crippen LogP contribution is 2.34. The van der Waals surface area contributed by atoms with Crippen LogP contribution in [0.1, 0.15) is 55.6 Å². The van der Waals surface area contributed by atoms with E-state index >= 15 is 0 Å². The highest BCUT2D eigenvalue weighted by Gasteiger charge is 2.11. The molecule has 0 saturated carbocycles. The highest BCUT2D eigenvalue weighted by molar-refractivity contribution is 6.04. The van der Waals surface area contributed by atoms with Crippen molar-refractivity contribution in [1.29, 1.82) is 0 Å². The quantitative estimate of drug-likeness (QED) is 0.121. The second kappa shape index (κ2) is 17.7. The average molecular weight is 789 g/mol. The molecule has 0 atom stereocenters. The smallest absolute Gasteiger partial charge is 0.00992 e. The Bertz CT molecular complexity index is 3280. The molecule has 0 aliphatic heterocycles. The van der Waals surface area contributed by atoms with E-state index in [0.717, 1.165) is 27.8 Å². The molecule has 0 aromatic heterocycles. The third kappa shape index (κ3) is 8.36. The van der Waals surface area contributed by atoms with Crippen LogP contribution in [0.3, 0.4) is 0 Å². The van der Waals surface area contributed by atoms with Crippen LogP contribution in [0.4, 0.5) is 0 Å². The van der Waals surface area contributed by atoms with Gasteiger partial charge in [-0.3, -0.25) is 0 Å². The Morgan fingerprint density at radius 1 is 0.258 bits per heavy atom. The topological polar surface area (TPSA) is 0 Å². The summed E-state index contributed by atoms with van der Waals surface area (Å²) in [5.74, 6) is 0. The fourth-order valence-electron chi connectivity index (χ4n) is 8.51.